The molecule has 1 aromatic carbocycles. The minimum Gasteiger partial charge on any atom is -0.394 e. The molecular formula is C11H16N2O3. The predicted octanol–water partition coefficient (Wildman–Crippen LogP) is 2.09. The number of nitrogens with zero attached hydrogens (tertiary/aromatic N) is 1. The van der Waals surface area contributed by atoms with Gasteiger partial charge in [-0.25, -0.2) is 0 Å². The van der Waals surface area contributed by atoms with Gasteiger partial charge in [-0.3, -0.25) is 10.1 Å². The SMILES string of the molecule is CCC(CO)Nc1cccc([N+](=O)[O-])c1C. The lowest BCUT2D eigenvalue weighted by Gasteiger charge is -2.17. The van der Waals surface area contributed by atoms with Crippen molar-refractivity contribution < 1.29 is 10.0 Å². The van der Waals surface area contributed by atoms with Crippen LogP contribution in [0.15, 0.2) is 18.2 Å². The highest BCUT2D eigenvalue weighted by Crippen LogP contribution is 2.25. The average molecular weight is 224 g/mol. The normalized spacial score (nSPS) is 12.2. The van der Waals surface area contributed by atoms with Crippen LogP contribution in [0, 0.1) is 17.0 Å². The number of benzene rings is 1. The maximum absolute atomic E-state index is 10.7. The Balaban J connectivity index is 2.97. The molecule has 1 aromatic rings. The molecule has 1 rings (SSSR count). The molecule has 1 atom stereocenters. The summed E-state index contributed by atoms with van der Waals surface area (Å²) in [5.74, 6) is 0. The summed E-state index contributed by atoms with van der Waals surface area (Å²) in [6.07, 6.45) is 0.763. The zero-order valence-corrected chi connectivity index (χ0v) is 9.43. The molecule has 1 unspecified atom stereocenters. The van der Waals surface area contributed by atoms with E-state index in [9.17, 15) is 10.1 Å². The van der Waals surface area contributed by atoms with Crippen molar-refractivity contribution in [2.45, 2.75) is 26.3 Å². The van der Waals surface area contributed by atoms with E-state index >= 15 is 0 Å². The third-order valence-electron chi connectivity index (χ3n) is 2.57. The number of aliphatic hydroxyl groups is 1. The van der Waals surface area contributed by atoms with E-state index in [1.165, 1.54) is 6.07 Å². The van der Waals surface area contributed by atoms with E-state index in [0.717, 1.165) is 6.42 Å². The number of nitro benzene ring substituents is 1. The van der Waals surface area contributed by atoms with Gasteiger partial charge in [0.05, 0.1) is 11.5 Å². The number of rotatable bonds is 5. The monoisotopic (exact) mass is 224 g/mol. The van der Waals surface area contributed by atoms with Crippen LogP contribution in [-0.4, -0.2) is 22.7 Å². The van der Waals surface area contributed by atoms with Crippen molar-refractivity contribution in [1.29, 1.82) is 0 Å². The molecule has 0 radical (unpaired) electrons. The highest BCUT2D eigenvalue weighted by molar-refractivity contribution is 5.60. The van der Waals surface area contributed by atoms with Gasteiger partial charge in [0.15, 0.2) is 0 Å². The highest BCUT2D eigenvalue weighted by atomic mass is 16.6. The molecule has 5 nitrogen and oxygen atoms in total. The molecule has 5 heteroatoms. The van der Waals surface area contributed by atoms with Gasteiger partial charge >= 0.3 is 0 Å². The molecule has 0 fully saturated rings. The Kier molecular flexibility index (Phi) is 4.25. The predicted molar refractivity (Wildman–Crippen MR) is 62.6 cm³/mol. The molecule has 0 saturated carbocycles. The van der Waals surface area contributed by atoms with Crippen molar-refractivity contribution in [3.05, 3.63) is 33.9 Å². The average Bonchev–Trinajstić information content (AvgIpc) is 2.27. The Labute approximate surface area is 94.3 Å². The minimum atomic E-state index is -0.402. The molecule has 0 aliphatic rings. The molecule has 0 aliphatic carbocycles. The molecule has 0 amide bonds. The second-order valence-corrected chi connectivity index (χ2v) is 3.64. The quantitative estimate of drug-likeness (QED) is 0.593. The number of nitro groups is 1. The van der Waals surface area contributed by atoms with Gasteiger partial charge in [-0.1, -0.05) is 13.0 Å². The topological polar surface area (TPSA) is 75.4 Å². The Morgan fingerprint density at radius 1 is 1.56 bits per heavy atom. The molecule has 0 saturated heterocycles. The van der Waals surface area contributed by atoms with Crippen LogP contribution in [0.2, 0.25) is 0 Å². The number of nitrogens with one attached hydrogen (secondary N) is 1. The summed E-state index contributed by atoms with van der Waals surface area (Å²) in [6, 6.07) is 4.82. The summed E-state index contributed by atoms with van der Waals surface area (Å²) in [5, 5.41) is 22.9. The van der Waals surface area contributed by atoms with Gasteiger partial charge in [-0.2, -0.15) is 0 Å². The summed E-state index contributed by atoms with van der Waals surface area (Å²) in [4.78, 5) is 10.3. The van der Waals surface area contributed by atoms with Gasteiger partial charge in [-0.05, 0) is 19.4 Å². The summed E-state index contributed by atoms with van der Waals surface area (Å²) < 4.78 is 0. The summed E-state index contributed by atoms with van der Waals surface area (Å²) in [7, 11) is 0. The van der Waals surface area contributed by atoms with Crippen LogP contribution in [0.1, 0.15) is 18.9 Å². The molecule has 0 heterocycles. The van der Waals surface area contributed by atoms with Crippen LogP contribution in [0.25, 0.3) is 0 Å². The van der Waals surface area contributed by atoms with E-state index in [-0.39, 0.29) is 18.3 Å². The van der Waals surface area contributed by atoms with Crippen LogP contribution in [0.3, 0.4) is 0 Å². The van der Waals surface area contributed by atoms with Crippen molar-refractivity contribution in [3.8, 4) is 0 Å². The molecule has 88 valence electrons. The van der Waals surface area contributed by atoms with Crippen LogP contribution in [0.4, 0.5) is 11.4 Å². The lowest BCUT2D eigenvalue weighted by molar-refractivity contribution is -0.385. The number of hydrogen-bond acceptors (Lipinski definition) is 4. The molecule has 2 N–H and O–H groups in total. The van der Waals surface area contributed by atoms with Crippen molar-refractivity contribution in [2.24, 2.45) is 0 Å². The largest absolute Gasteiger partial charge is 0.394 e. The first-order valence-electron chi connectivity index (χ1n) is 5.21. The van der Waals surface area contributed by atoms with Gasteiger partial charge in [-0.15, -0.1) is 0 Å². The molecule has 0 aliphatic heterocycles. The Morgan fingerprint density at radius 2 is 2.25 bits per heavy atom. The number of anilines is 1. The zero-order chi connectivity index (χ0) is 12.1. The van der Waals surface area contributed by atoms with Gasteiger partial charge in [0.1, 0.15) is 0 Å². The standard InChI is InChI=1S/C11H16N2O3/c1-3-9(7-14)12-10-5-4-6-11(8(10)2)13(15)16/h4-6,9,12,14H,3,7H2,1-2H3. The fourth-order valence-corrected chi connectivity index (χ4v) is 1.47. The zero-order valence-electron chi connectivity index (χ0n) is 9.43. The lowest BCUT2D eigenvalue weighted by atomic mass is 10.1. The fraction of sp³-hybridized carbons (Fsp3) is 0.455. The van der Waals surface area contributed by atoms with Gasteiger partial charge in [0.25, 0.3) is 5.69 Å². The first-order valence-corrected chi connectivity index (χ1v) is 5.21. The van der Waals surface area contributed by atoms with Crippen LogP contribution < -0.4 is 5.32 Å². The second-order valence-electron chi connectivity index (χ2n) is 3.64. The summed E-state index contributed by atoms with van der Waals surface area (Å²) in [5.41, 5.74) is 1.40. The van der Waals surface area contributed by atoms with E-state index in [1.54, 1.807) is 19.1 Å². The molecule has 0 bridgehead atoms. The van der Waals surface area contributed by atoms with Crippen molar-refractivity contribution in [3.63, 3.8) is 0 Å². The van der Waals surface area contributed by atoms with Gasteiger partial charge < -0.3 is 10.4 Å². The van der Waals surface area contributed by atoms with Crippen molar-refractivity contribution in [2.75, 3.05) is 11.9 Å². The Morgan fingerprint density at radius 3 is 2.75 bits per heavy atom. The van der Waals surface area contributed by atoms with Crippen LogP contribution in [-0.2, 0) is 0 Å². The van der Waals surface area contributed by atoms with Gasteiger partial charge in [0, 0.05) is 23.4 Å². The Hall–Kier alpha value is -1.62. The van der Waals surface area contributed by atoms with Crippen molar-refractivity contribution >= 4 is 11.4 Å². The maximum atomic E-state index is 10.7. The molecule has 0 spiro atoms. The highest BCUT2D eigenvalue weighted by Gasteiger charge is 2.14. The molecule has 0 aromatic heterocycles. The molecule has 16 heavy (non-hydrogen) atoms. The minimum absolute atomic E-state index is 0.0125. The number of aliphatic hydroxyl groups excluding tert-OH is 1. The number of hydrogen-bond donors (Lipinski definition) is 2. The van der Waals surface area contributed by atoms with E-state index in [1.807, 2.05) is 6.92 Å². The van der Waals surface area contributed by atoms with Gasteiger partial charge in [0.2, 0.25) is 0 Å². The summed E-state index contributed by atoms with van der Waals surface area (Å²) >= 11 is 0. The van der Waals surface area contributed by atoms with Crippen molar-refractivity contribution in [1.82, 2.24) is 0 Å². The van der Waals surface area contributed by atoms with Crippen LogP contribution in [0.5, 0.6) is 0 Å². The van der Waals surface area contributed by atoms with Crippen LogP contribution >= 0.6 is 0 Å². The maximum Gasteiger partial charge on any atom is 0.274 e. The van der Waals surface area contributed by atoms with E-state index in [0.29, 0.717) is 11.3 Å². The third kappa shape index (κ3) is 2.70. The first-order chi connectivity index (χ1) is 7.60. The van der Waals surface area contributed by atoms with E-state index < -0.39 is 4.92 Å². The first kappa shape index (κ1) is 12.4. The second kappa shape index (κ2) is 5.46. The van der Waals surface area contributed by atoms with E-state index in [2.05, 4.69) is 5.32 Å². The smallest absolute Gasteiger partial charge is 0.274 e. The third-order valence-corrected chi connectivity index (χ3v) is 2.57. The lowest BCUT2D eigenvalue weighted by Crippen LogP contribution is -2.23. The fourth-order valence-electron chi connectivity index (χ4n) is 1.47. The summed E-state index contributed by atoms with van der Waals surface area (Å²) in [6.45, 7) is 3.66. The Bertz CT molecular complexity index is 375. The molecular weight excluding hydrogens is 208 g/mol. The van der Waals surface area contributed by atoms with E-state index in [4.69, 9.17) is 5.11 Å².